The maximum atomic E-state index is 12.0. The molecule has 0 saturated heterocycles. The molecule has 0 aromatic carbocycles. The van der Waals surface area contributed by atoms with Crippen LogP contribution in [-0.2, 0) is 19.1 Å². The quantitative estimate of drug-likeness (QED) is 0.101. The molecule has 178 valence electrons. The lowest BCUT2D eigenvalue weighted by molar-refractivity contribution is -0.161. The molecule has 0 radical (unpaired) electrons. The number of rotatable bonds is 22. The molecule has 0 bridgehead atoms. The number of carbonyl (C=O) groups is 2. The Balaban J connectivity index is 3.50. The van der Waals surface area contributed by atoms with Gasteiger partial charge in [0.05, 0.1) is 13.2 Å². The SMILES string of the molecule is CCCCCCCCCCCOC(=O)C(C)C(=O)OCCCCCCCCCCC. The van der Waals surface area contributed by atoms with Gasteiger partial charge in [0.2, 0.25) is 0 Å². The van der Waals surface area contributed by atoms with Crippen LogP contribution in [0.2, 0.25) is 0 Å². The second-order valence-electron chi connectivity index (χ2n) is 8.71. The molecule has 0 spiro atoms. The Morgan fingerprint density at radius 1 is 0.500 bits per heavy atom. The fraction of sp³-hybridized carbons (Fsp3) is 0.923. The van der Waals surface area contributed by atoms with Crippen LogP contribution in [0.4, 0.5) is 0 Å². The summed E-state index contributed by atoms with van der Waals surface area (Å²) in [5, 5.41) is 0. The third-order valence-corrected chi connectivity index (χ3v) is 5.69. The van der Waals surface area contributed by atoms with Gasteiger partial charge in [0.25, 0.3) is 0 Å². The molecule has 0 aliphatic rings. The summed E-state index contributed by atoms with van der Waals surface area (Å²) in [6, 6.07) is 0. The molecule has 0 aromatic rings. The summed E-state index contributed by atoms with van der Waals surface area (Å²) in [7, 11) is 0. The molecule has 0 atom stereocenters. The van der Waals surface area contributed by atoms with Crippen molar-refractivity contribution in [1.29, 1.82) is 0 Å². The molecule has 30 heavy (non-hydrogen) atoms. The van der Waals surface area contributed by atoms with Crippen LogP contribution in [0.3, 0.4) is 0 Å². The molecule has 4 heteroatoms. The van der Waals surface area contributed by atoms with Crippen LogP contribution in [0.5, 0.6) is 0 Å². The highest BCUT2D eigenvalue weighted by molar-refractivity contribution is 5.94. The van der Waals surface area contributed by atoms with Crippen LogP contribution in [0.25, 0.3) is 0 Å². The first-order chi connectivity index (χ1) is 14.6. The van der Waals surface area contributed by atoms with Gasteiger partial charge in [0.1, 0.15) is 0 Å². The molecule has 0 rings (SSSR count). The molecular formula is C26H50O4. The van der Waals surface area contributed by atoms with Crippen molar-refractivity contribution in [1.82, 2.24) is 0 Å². The van der Waals surface area contributed by atoms with Crippen LogP contribution in [-0.4, -0.2) is 25.2 Å². The lowest BCUT2D eigenvalue weighted by Gasteiger charge is -2.11. The van der Waals surface area contributed by atoms with Crippen molar-refractivity contribution < 1.29 is 19.1 Å². The largest absolute Gasteiger partial charge is 0.465 e. The van der Waals surface area contributed by atoms with E-state index in [4.69, 9.17) is 9.47 Å². The van der Waals surface area contributed by atoms with E-state index in [1.807, 2.05) is 0 Å². The van der Waals surface area contributed by atoms with E-state index in [1.165, 1.54) is 89.9 Å². The van der Waals surface area contributed by atoms with E-state index < -0.39 is 17.9 Å². The first-order valence-electron chi connectivity index (χ1n) is 13.0. The van der Waals surface area contributed by atoms with Crippen molar-refractivity contribution in [2.45, 2.75) is 136 Å². The van der Waals surface area contributed by atoms with Crippen LogP contribution >= 0.6 is 0 Å². The minimum atomic E-state index is -0.817. The zero-order chi connectivity index (χ0) is 22.3. The van der Waals surface area contributed by atoms with Crippen LogP contribution in [0.15, 0.2) is 0 Å². The standard InChI is InChI=1S/C26H50O4/c1-4-6-8-10-12-14-16-18-20-22-29-25(27)24(3)26(28)30-23-21-19-17-15-13-11-9-7-5-2/h24H,4-23H2,1-3H3. The van der Waals surface area contributed by atoms with Crippen molar-refractivity contribution in [3.05, 3.63) is 0 Å². The first-order valence-corrected chi connectivity index (χ1v) is 13.0. The molecule has 0 saturated carbocycles. The summed E-state index contributed by atoms with van der Waals surface area (Å²) in [6.45, 7) is 6.87. The van der Waals surface area contributed by atoms with Gasteiger partial charge in [-0.25, -0.2) is 0 Å². The van der Waals surface area contributed by atoms with Gasteiger partial charge < -0.3 is 9.47 Å². The van der Waals surface area contributed by atoms with Crippen LogP contribution < -0.4 is 0 Å². The summed E-state index contributed by atoms with van der Waals surface area (Å²) < 4.78 is 10.5. The van der Waals surface area contributed by atoms with E-state index in [0.717, 1.165) is 25.7 Å². The maximum absolute atomic E-state index is 12.0. The van der Waals surface area contributed by atoms with Crippen molar-refractivity contribution in [3.63, 3.8) is 0 Å². The Morgan fingerprint density at radius 3 is 1.07 bits per heavy atom. The number of hydrogen-bond acceptors (Lipinski definition) is 4. The molecule has 0 aliphatic carbocycles. The van der Waals surface area contributed by atoms with Crippen molar-refractivity contribution in [2.75, 3.05) is 13.2 Å². The monoisotopic (exact) mass is 426 g/mol. The summed E-state index contributed by atoms with van der Waals surface area (Å²) in [5.41, 5.74) is 0. The number of esters is 2. The number of ether oxygens (including phenoxy) is 2. The van der Waals surface area contributed by atoms with E-state index in [2.05, 4.69) is 13.8 Å². The van der Waals surface area contributed by atoms with E-state index >= 15 is 0 Å². The summed E-state index contributed by atoms with van der Waals surface area (Å²) in [4.78, 5) is 24.0. The highest BCUT2D eigenvalue weighted by atomic mass is 16.6. The average Bonchev–Trinajstić information content (AvgIpc) is 2.75. The molecule has 0 unspecified atom stereocenters. The van der Waals surface area contributed by atoms with Gasteiger partial charge in [-0.05, 0) is 19.8 Å². The molecule has 0 N–H and O–H groups in total. The molecule has 0 amide bonds. The second-order valence-corrected chi connectivity index (χ2v) is 8.71. The normalized spacial score (nSPS) is 11.1. The highest BCUT2D eigenvalue weighted by Crippen LogP contribution is 2.11. The third-order valence-electron chi connectivity index (χ3n) is 5.69. The van der Waals surface area contributed by atoms with Crippen molar-refractivity contribution >= 4 is 11.9 Å². The number of unbranched alkanes of at least 4 members (excludes halogenated alkanes) is 16. The summed E-state index contributed by atoms with van der Waals surface area (Å²) >= 11 is 0. The zero-order valence-electron chi connectivity index (χ0n) is 20.4. The van der Waals surface area contributed by atoms with Crippen LogP contribution in [0, 0.1) is 5.92 Å². The molecule has 0 heterocycles. The topological polar surface area (TPSA) is 52.6 Å². The van der Waals surface area contributed by atoms with E-state index in [1.54, 1.807) is 6.92 Å². The smallest absolute Gasteiger partial charge is 0.320 e. The molecular weight excluding hydrogens is 376 g/mol. The Bertz CT molecular complexity index is 358. The van der Waals surface area contributed by atoms with Gasteiger partial charge >= 0.3 is 11.9 Å². The fourth-order valence-electron chi connectivity index (χ4n) is 3.52. The van der Waals surface area contributed by atoms with E-state index in [-0.39, 0.29) is 0 Å². The lowest BCUT2D eigenvalue weighted by atomic mass is 10.1. The lowest BCUT2D eigenvalue weighted by Crippen LogP contribution is -2.26. The van der Waals surface area contributed by atoms with Crippen LogP contribution in [0.1, 0.15) is 136 Å². The minimum Gasteiger partial charge on any atom is -0.465 e. The predicted molar refractivity (Wildman–Crippen MR) is 126 cm³/mol. The van der Waals surface area contributed by atoms with Gasteiger partial charge in [-0.2, -0.15) is 0 Å². The van der Waals surface area contributed by atoms with Gasteiger partial charge in [-0.15, -0.1) is 0 Å². The molecule has 0 aliphatic heterocycles. The Hall–Kier alpha value is -1.06. The van der Waals surface area contributed by atoms with Gasteiger partial charge in [0.15, 0.2) is 5.92 Å². The number of carbonyl (C=O) groups excluding carboxylic acids is 2. The third kappa shape index (κ3) is 18.9. The summed E-state index contributed by atoms with van der Waals surface area (Å²) in [6.07, 6.45) is 22.1. The minimum absolute atomic E-state index is 0.407. The maximum Gasteiger partial charge on any atom is 0.320 e. The van der Waals surface area contributed by atoms with Crippen molar-refractivity contribution in [3.8, 4) is 0 Å². The first kappa shape index (κ1) is 28.9. The summed E-state index contributed by atoms with van der Waals surface area (Å²) in [5.74, 6) is -1.72. The molecule has 0 aromatic heterocycles. The van der Waals surface area contributed by atoms with Gasteiger partial charge in [0, 0.05) is 0 Å². The predicted octanol–water partition coefficient (Wildman–Crippen LogP) is 7.77. The van der Waals surface area contributed by atoms with E-state index in [0.29, 0.717) is 13.2 Å². The second kappa shape index (κ2) is 22.6. The highest BCUT2D eigenvalue weighted by Gasteiger charge is 2.24. The van der Waals surface area contributed by atoms with E-state index in [9.17, 15) is 9.59 Å². The Labute approximate surface area is 186 Å². The van der Waals surface area contributed by atoms with Gasteiger partial charge in [-0.3, -0.25) is 9.59 Å². The molecule has 0 fully saturated rings. The van der Waals surface area contributed by atoms with Crippen molar-refractivity contribution in [2.24, 2.45) is 5.92 Å². The Kier molecular flexibility index (Phi) is 21.8. The number of hydrogen-bond donors (Lipinski definition) is 0. The average molecular weight is 427 g/mol. The van der Waals surface area contributed by atoms with Gasteiger partial charge in [-0.1, -0.05) is 117 Å². The zero-order valence-corrected chi connectivity index (χ0v) is 20.4. The Morgan fingerprint density at radius 2 is 0.767 bits per heavy atom. The molecule has 4 nitrogen and oxygen atoms in total. The fourth-order valence-corrected chi connectivity index (χ4v) is 3.52.